The second kappa shape index (κ2) is 10.7. The minimum Gasteiger partial charge on any atom is -0.493 e. The molecule has 2 N–H and O–H groups in total. The number of hydrogen-bond donors (Lipinski definition) is 2. The lowest BCUT2D eigenvalue weighted by Gasteiger charge is -2.13. The van der Waals surface area contributed by atoms with Gasteiger partial charge in [0.1, 0.15) is 11.6 Å². The van der Waals surface area contributed by atoms with Crippen molar-refractivity contribution in [2.45, 2.75) is 52.6 Å². The number of aryl methyl sites for hydroxylation is 2. The number of nitrogens with one attached hydrogen (secondary N) is 2. The number of rotatable bonds is 11. The number of aromatic nitrogens is 2. The molecule has 0 atom stereocenters. The van der Waals surface area contributed by atoms with Gasteiger partial charge >= 0.3 is 0 Å². The molecule has 0 radical (unpaired) electrons. The maximum absolute atomic E-state index is 5.99. The molecule has 28 heavy (non-hydrogen) atoms. The molecule has 0 unspecified atom stereocenters. The summed E-state index contributed by atoms with van der Waals surface area (Å²) in [7, 11) is 0. The van der Waals surface area contributed by atoms with Gasteiger partial charge in [0.25, 0.3) is 0 Å². The Hall–Kier alpha value is -2.50. The van der Waals surface area contributed by atoms with Crippen LogP contribution in [0.3, 0.4) is 0 Å². The van der Waals surface area contributed by atoms with E-state index in [1.165, 1.54) is 12.8 Å². The summed E-state index contributed by atoms with van der Waals surface area (Å²) >= 11 is 0. The Morgan fingerprint density at radius 1 is 1.25 bits per heavy atom. The van der Waals surface area contributed by atoms with E-state index in [1.807, 2.05) is 37.5 Å². The number of unbranched alkanes of at least 4 members (excludes halogenated alkanes) is 1. The third-order valence-electron chi connectivity index (χ3n) is 4.94. The summed E-state index contributed by atoms with van der Waals surface area (Å²) in [6.45, 7) is 8.33. The van der Waals surface area contributed by atoms with Crippen molar-refractivity contribution in [3.05, 3.63) is 48.0 Å². The zero-order valence-corrected chi connectivity index (χ0v) is 17.2. The van der Waals surface area contributed by atoms with Crippen molar-refractivity contribution in [3.63, 3.8) is 0 Å². The van der Waals surface area contributed by atoms with Gasteiger partial charge in [0.05, 0.1) is 13.2 Å². The molecule has 0 amide bonds. The number of nitrogens with zero attached hydrogens (tertiary/aromatic N) is 3. The van der Waals surface area contributed by atoms with E-state index in [0.717, 1.165) is 68.1 Å². The molecular weight excluding hydrogens is 350 g/mol. The van der Waals surface area contributed by atoms with Crippen LogP contribution in [0.1, 0.15) is 44.0 Å². The van der Waals surface area contributed by atoms with Gasteiger partial charge in [-0.25, -0.2) is 9.98 Å². The minimum absolute atomic E-state index is 0.615. The molecule has 6 nitrogen and oxygen atoms in total. The largest absolute Gasteiger partial charge is 0.493 e. The van der Waals surface area contributed by atoms with Crippen molar-refractivity contribution >= 4 is 5.96 Å². The average molecular weight is 384 g/mol. The van der Waals surface area contributed by atoms with Gasteiger partial charge in [0, 0.05) is 37.6 Å². The van der Waals surface area contributed by atoms with Gasteiger partial charge in [0.2, 0.25) is 0 Å². The molecule has 6 heteroatoms. The molecule has 152 valence electrons. The molecular formula is C22H33N5O. The molecule has 1 saturated carbocycles. The monoisotopic (exact) mass is 383 g/mol. The quantitative estimate of drug-likeness (QED) is 0.354. The molecule has 0 spiro atoms. The van der Waals surface area contributed by atoms with E-state index < -0.39 is 0 Å². The Balaban J connectivity index is 1.45. The van der Waals surface area contributed by atoms with Crippen LogP contribution in [-0.2, 0) is 13.1 Å². The Bertz CT molecular complexity index is 751. The molecule has 1 aromatic heterocycles. The number of hydrogen-bond acceptors (Lipinski definition) is 3. The lowest BCUT2D eigenvalue weighted by atomic mass is 10.2. The molecule has 1 aliphatic carbocycles. The van der Waals surface area contributed by atoms with Crippen molar-refractivity contribution in [3.8, 4) is 5.75 Å². The standard InChI is InChI=1S/C22H33N5O/c1-3-23-22(25-12-6-7-14-27-15-13-24-18(27)2)26-16-20-8-4-5-9-21(20)28-17-19-10-11-19/h4-5,8-9,13,15,19H,3,6-7,10-12,14,16-17H2,1-2H3,(H2,23,25,26). The highest BCUT2D eigenvalue weighted by atomic mass is 16.5. The molecule has 0 saturated heterocycles. The van der Waals surface area contributed by atoms with E-state index in [-0.39, 0.29) is 0 Å². The predicted molar refractivity (Wildman–Crippen MR) is 114 cm³/mol. The smallest absolute Gasteiger partial charge is 0.191 e. The fraction of sp³-hybridized carbons (Fsp3) is 0.545. The van der Waals surface area contributed by atoms with Crippen molar-refractivity contribution in [2.75, 3.05) is 19.7 Å². The van der Waals surface area contributed by atoms with E-state index in [1.54, 1.807) is 0 Å². The summed E-state index contributed by atoms with van der Waals surface area (Å²) in [5.41, 5.74) is 1.14. The van der Waals surface area contributed by atoms with Crippen molar-refractivity contribution in [1.29, 1.82) is 0 Å². The molecule has 1 fully saturated rings. The van der Waals surface area contributed by atoms with E-state index in [2.05, 4.69) is 33.2 Å². The summed E-state index contributed by atoms with van der Waals surface area (Å²) in [5, 5.41) is 6.77. The van der Waals surface area contributed by atoms with Crippen LogP contribution in [-0.4, -0.2) is 35.2 Å². The van der Waals surface area contributed by atoms with Crippen LogP contribution in [0.25, 0.3) is 0 Å². The molecule has 2 aromatic rings. The number of benzene rings is 1. The van der Waals surface area contributed by atoms with E-state index in [0.29, 0.717) is 6.54 Å². The number of guanidine groups is 1. The lowest BCUT2D eigenvalue weighted by molar-refractivity contribution is 0.297. The number of aliphatic imine (C=N–C) groups is 1. The lowest BCUT2D eigenvalue weighted by Crippen LogP contribution is -2.37. The highest BCUT2D eigenvalue weighted by Crippen LogP contribution is 2.30. The summed E-state index contributed by atoms with van der Waals surface area (Å²) in [4.78, 5) is 9.01. The summed E-state index contributed by atoms with van der Waals surface area (Å²) in [5.74, 6) is 3.65. The predicted octanol–water partition coefficient (Wildman–Crippen LogP) is 3.52. The highest BCUT2D eigenvalue weighted by Gasteiger charge is 2.22. The molecule has 3 rings (SSSR count). The number of imidazole rings is 1. The van der Waals surface area contributed by atoms with Crippen LogP contribution in [0.2, 0.25) is 0 Å². The third kappa shape index (κ3) is 6.59. The highest BCUT2D eigenvalue weighted by molar-refractivity contribution is 5.79. The Kier molecular flexibility index (Phi) is 7.76. The maximum Gasteiger partial charge on any atom is 0.191 e. The van der Waals surface area contributed by atoms with E-state index in [9.17, 15) is 0 Å². The summed E-state index contributed by atoms with van der Waals surface area (Å²) in [6, 6.07) is 8.22. The van der Waals surface area contributed by atoms with Crippen LogP contribution in [0, 0.1) is 12.8 Å². The second-order valence-corrected chi connectivity index (χ2v) is 7.36. The first-order chi connectivity index (χ1) is 13.8. The molecule has 1 aliphatic rings. The van der Waals surface area contributed by atoms with Gasteiger partial charge in [-0.2, -0.15) is 0 Å². The van der Waals surface area contributed by atoms with Crippen LogP contribution in [0.4, 0.5) is 0 Å². The topological polar surface area (TPSA) is 63.5 Å². The zero-order valence-electron chi connectivity index (χ0n) is 17.2. The van der Waals surface area contributed by atoms with E-state index >= 15 is 0 Å². The maximum atomic E-state index is 5.99. The van der Waals surface area contributed by atoms with Crippen LogP contribution in [0.15, 0.2) is 41.7 Å². The zero-order chi connectivity index (χ0) is 19.6. The van der Waals surface area contributed by atoms with Crippen LogP contribution < -0.4 is 15.4 Å². The van der Waals surface area contributed by atoms with Gasteiger partial charge in [-0.05, 0) is 51.5 Å². The van der Waals surface area contributed by atoms with Crippen molar-refractivity contribution < 1.29 is 4.74 Å². The first-order valence-corrected chi connectivity index (χ1v) is 10.5. The second-order valence-electron chi connectivity index (χ2n) is 7.36. The third-order valence-corrected chi connectivity index (χ3v) is 4.94. The number of ether oxygens (including phenoxy) is 1. The van der Waals surface area contributed by atoms with Crippen LogP contribution in [0.5, 0.6) is 5.75 Å². The summed E-state index contributed by atoms with van der Waals surface area (Å²) in [6.07, 6.45) is 8.70. The average Bonchev–Trinajstić information content (AvgIpc) is 3.45. The molecule has 0 bridgehead atoms. The molecule has 1 aromatic carbocycles. The molecule has 0 aliphatic heterocycles. The fourth-order valence-electron chi connectivity index (χ4n) is 3.03. The van der Waals surface area contributed by atoms with Crippen LogP contribution >= 0.6 is 0 Å². The Morgan fingerprint density at radius 3 is 2.86 bits per heavy atom. The van der Waals surface area contributed by atoms with Crippen molar-refractivity contribution in [1.82, 2.24) is 20.2 Å². The minimum atomic E-state index is 0.615. The normalized spacial score (nSPS) is 14.1. The van der Waals surface area contributed by atoms with Gasteiger partial charge in [-0.3, -0.25) is 0 Å². The molecule has 1 heterocycles. The SMILES string of the molecule is CCNC(=NCc1ccccc1OCC1CC1)NCCCCn1ccnc1C. The van der Waals surface area contributed by atoms with Gasteiger partial charge in [0.15, 0.2) is 5.96 Å². The fourth-order valence-corrected chi connectivity index (χ4v) is 3.03. The number of para-hydroxylation sites is 1. The Morgan fingerprint density at radius 2 is 2.11 bits per heavy atom. The van der Waals surface area contributed by atoms with E-state index in [4.69, 9.17) is 9.73 Å². The van der Waals surface area contributed by atoms with Crippen molar-refractivity contribution in [2.24, 2.45) is 10.9 Å². The first-order valence-electron chi connectivity index (χ1n) is 10.5. The van der Waals surface area contributed by atoms with Gasteiger partial charge in [-0.1, -0.05) is 18.2 Å². The van der Waals surface area contributed by atoms with Gasteiger partial charge in [-0.15, -0.1) is 0 Å². The first kappa shape index (κ1) is 20.2. The Labute approximate surface area is 168 Å². The van der Waals surface area contributed by atoms with Gasteiger partial charge < -0.3 is 19.9 Å². The summed E-state index contributed by atoms with van der Waals surface area (Å²) < 4.78 is 8.19.